The second-order valence-electron chi connectivity index (χ2n) is 6.25. The highest BCUT2D eigenvalue weighted by molar-refractivity contribution is 7.89. The van der Waals surface area contributed by atoms with Crippen molar-refractivity contribution in [1.82, 2.24) is 4.31 Å². The van der Waals surface area contributed by atoms with Crippen LogP contribution in [-0.4, -0.2) is 44.9 Å². The highest BCUT2D eigenvalue weighted by atomic mass is 32.2. The SMILES string of the molecule is NC(=O)c1cccc(S(=O)(=O)N2CCC(C3CCOCC3)C2)c1. The van der Waals surface area contributed by atoms with E-state index in [1.807, 2.05) is 0 Å². The van der Waals surface area contributed by atoms with Crippen molar-refractivity contribution in [2.45, 2.75) is 24.2 Å². The molecule has 126 valence electrons. The molecule has 0 aromatic heterocycles. The summed E-state index contributed by atoms with van der Waals surface area (Å²) in [4.78, 5) is 11.4. The van der Waals surface area contributed by atoms with Gasteiger partial charge in [-0.15, -0.1) is 0 Å². The summed E-state index contributed by atoms with van der Waals surface area (Å²) in [6, 6.07) is 5.96. The molecule has 2 fully saturated rings. The molecular formula is C16H22N2O4S. The van der Waals surface area contributed by atoms with Gasteiger partial charge in [0.15, 0.2) is 0 Å². The van der Waals surface area contributed by atoms with Crippen LogP contribution in [0.5, 0.6) is 0 Å². The van der Waals surface area contributed by atoms with Gasteiger partial charge in [-0.3, -0.25) is 4.79 Å². The molecule has 2 N–H and O–H groups in total. The van der Waals surface area contributed by atoms with E-state index in [1.54, 1.807) is 6.07 Å². The van der Waals surface area contributed by atoms with Gasteiger partial charge in [-0.2, -0.15) is 4.31 Å². The Kier molecular flexibility index (Phi) is 4.70. The topological polar surface area (TPSA) is 89.7 Å². The largest absolute Gasteiger partial charge is 0.381 e. The Morgan fingerprint density at radius 3 is 2.61 bits per heavy atom. The molecule has 23 heavy (non-hydrogen) atoms. The van der Waals surface area contributed by atoms with Gasteiger partial charge in [0, 0.05) is 31.9 Å². The van der Waals surface area contributed by atoms with E-state index in [-0.39, 0.29) is 10.5 Å². The van der Waals surface area contributed by atoms with Crippen LogP contribution in [-0.2, 0) is 14.8 Å². The van der Waals surface area contributed by atoms with Gasteiger partial charge < -0.3 is 10.5 Å². The van der Waals surface area contributed by atoms with Gasteiger partial charge in [-0.1, -0.05) is 6.07 Å². The standard InChI is InChI=1S/C16H22N2O4S/c17-16(19)13-2-1-3-15(10-13)23(20,21)18-7-4-14(11-18)12-5-8-22-9-6-12/h1-3,10,12,14H,4-9,11H2,(H2,17,19). The molecule has 0 aliphatic carbocycles. The number of sulfonamides is 1. The number of carbonyl (C=O) groups is 1. The Bertz CT molecular complexity index is 683. The number of hydrogen-bond donors (Lipinski definition) is 1. The molecule has 0 bridgehead atoms. The van der Waals surface area contributed by atoms with E-state index in [4.69, 9.17) is 10.5 Å². The molecule has 1 aromatic rings. The molecule has 7 heteroatoms. The minimum absolute atomic E-state index is 0.140. The zero-order chi connectivity index (χ0) is 16.4. The Labute approximate surface area is 136 Å². The fraction of sp³-hybridized carbons (Fsp3) is 0.562. The number of ether oxygens (including phenoxy) is 1. The third kappa shape index (κ3) is 3.41. The lowest BCUT2D eigenvalue weighted by atomic mass is 9.85. The molecule has 6 nitrogen and oxygen atoms in total. The molecule has 0 radical (unpaired) electrons. The van der Waals surface area contributed by atoms with Crippen LogP contribution in [0.1, 0.15) is 29.6 Å². The van der Waals surface area contributed by atoms with E-state index in [9.17, 15) is 13.2 Å². The number of benzene rings is 1. The van der Waals surface area contributed by atoms with Crippen LogP contribution < -0.4 is 5.73 Å². The van der Waals surface area contributed by atoms with Crippen LogP contribution in [0.15, 0.2) is 29.2 Å². The van der Waals surface area contributed by atoms with Crippen LogP contribution in [0.2, 0.25) is 0 Å². The molecule has 2 aliphatic rings. The molecule has 1 unspecified atom stereocenters. The van der Waals surface area contributed by atoms with Gasteiger partial charge in [-0.05, 0) is 49.3 Å². The van der Waals surface area contributed by atoms with Gasteiger partial charge in [0.2, 0.25) is 15.9 Å². The Morgan fingerprint density at radius 1 is 1.17 bits per heavy atom. The maximum absolute atomic E-state index is 12.8. The number of hydrogen-bond acceptors (Lipinski definition) is 4. The molecule has 2 saturated heterocycles. The summed E-state index contributed by atoms with van der Waals surface area (Å²) >= 11 is 0. The minimum atomic E-state index is -3.57. The van der Waals surface area contributed by atoms with E-state index in [0.29, 0.717) is 24.9 Å². The first-order valence-electron chi connectivity index (χ1n) is 7.96. The third-order valence-electron chi connectivity index (χ3n) is 4.88. The third-order valence-corrected chi connectivity index (χ3v) is 6.74. The van der Waals surface area contributed by atoms with Crippen LogP contribution in [0.3, 0.4) is 0 Å². The summed E-state index contributed by atoms with van der Waals surface area (Å²) < 4.78 is 32.5. The highest BCUT2D eigenvalue weighted by Crippen LogP contribution is 2.33. The number of primary amides is 1. The summed E-state index contributed by atoms with van der Waals surface area (Å²) in [7, 11) is -3.57. The second-order valence-corrected chi connectivity index (χ2v) is 8.19. The number of nitrogens with two attached hydrogens (primary N) is 1. The van der Waals surface area contributed by atoms with Crippen molar-refractivity contribution < 1.29 is 17.9 Å². The zero-order valence-electron chi connectivity index (χ0n) is 13.0. The summed E-state index contributed by atoms with van der Waals surface area (Å²) in [6.07, 6.45) is 2.91. The smallest absolute Gasteiger partial charge is 0.248 e. The van der Waals surface area contributed by atoms with Gasteiger partial charge in [0.25, 0.3) is 0 Å². The van der Waals surface area contributed by atoms with Crippen molar-refractivity contribution in [1.29, 1.82) is 0 Å². The fourth-order valence-electron chi connectivity index (χ4n) is 3.50. The van der Waals surface area contributed by atoms with Crippen molar-refractivity contribution in [2.24, 2.45) is 17.6 Å². The van der Waals surface area contributed by atoms with E-state index in [1.165, 1.54) is 22.5 Å². The monoisotopic (exact) mass is 338 g/mol. The van der Waals surface area contributed by atoms with Gasteiger partial charge in [-0.25, -0.2) is 8.42 Å². The maximum Gasteiger partial charge on any atom is 0.248 e. The summed E-state index contributed by atoms with van der Waals surface area (Å²) in [5.41, 5.74) is 5.45. The van der Waals surface area contributed by atoms with E-state index in [0.717, 1.165) is 32.5 Å². The fourth-order valence-corrected chi connectivity index (χ4v) is 5.06. The molecule has 0 spiro atoms. The first kappa shape index (κ1) is 16.4. The Hall–Kier alpha value is -1.44. The molecule has 1 aromatic carbocycles. The first-order valence-corrected chi connectivity index (χ1v) is 9.40. The average Bonchev–Trinajstić information content (AvgIpc) is 3.06. The Balaban J connectivity index is 1.75. The lowest BCUT2D eigenvalue weighted by Crippen LogP contribution is -2.31. The molecule has 2 aliphatic heterocycles. The normalized spacial score (nSPS) is 23.9. The lowest BCUT2D eigenvalue weighted by molar-refractivity contribution is 0.0489. The van der Waals surface area contributed by atoms with E-state index >= 15 is 0 Å². The van der Waals surface area contributed by atoms with E-state index in [2.05, 4.69) is 0 Å². The number of nitrogens with zero attached hydrogens (tertiary/aromatic N) is 1. The Morgan fingerprint density at radius 2 is 1.91 bits per heavy atom. The van der Waals surface area contributed by atoms with Gasteiger partial charge >= 0.3 is 0 Å². The molecule has 1 amide bonds. The number of rotatable bonds is 4. The molecule has 1 atom stereocenters. The zero-order valence-corrected chi connectivity index (χ0v) is 13.8. The summed E-state index contributed by atoms with van der Waals surface area (Å²) in [6.45, 7) is 2.63. The minimum Gasteiger partial charge on any atom is -0.381 e. The van der Waals surface area contributed by atoms with Crippen LogP contribution in [0.4, 0.5) is 0 Å². The second kappa shape index (κ2) is 6.59. The van der Waals surface area contributed by atoms with Crippen LogP contribution >= 0.6 is 0 Å². The lowest BCUT2D eigenvalue weighted by Gasteiger charge is -2.27. The van der Waals surface area contributed by atoms with Crippen molar-refractivity contribution in [3.05, 3.63) is 29.8 Å². The van der Waals surface area contributed by atoms with Crippen molar-refractivity contribution in [3.63, 3.8) is 0 Å². The quantitative estimate of drug-likeness (QED) is 0.894. The number of carbonyl (C=O) groups excluding carboxylic acids is 1. The molecule has 3 rings (SSSR count). The van der Waals surface area contributed by atoms with Crippen molar-refractivity contribution in [3.8, 4) is 0 Å². The number of amides is 1. The molecule has 0 saturated carbocycles. The van der Waals surface area contributed by atoms with Gasteiger partial charge in [0.05, 0.1) is 4.90 Å². The maximum atomic E-state index is 12.8. The molecule has 2 heterocycles. The van der Waals surface area contributed by atoms with Crippen molar-refractivity contribution >= 4 is 15.9 Å². The first-order chi connectivity index (χ1) is 11.0. The van der Waals surface area contributed by atoms with Crippen LogP contribution in [0, 0.1) is 11.8 Å². The van der Waals surface area contributed by atoms with Gasteiger partial charge in [0.1, 0.15) is 0 Å². The predicted octanol–water partition coefficient (Wildman–Crippen LogP) is 1.22. The van der Waals surface area contributed by atoms with Crippen LogP contribution in [0.25, 0.3) is 0 Å². The molecular weight excluding hydrogens is 316 g/mol. The highest BCUT2D eigenvalue weighted by Gasteiger charge is 2.36. The predicted molar refractivity (Wildman–Crippen MR) is 85.4 cm³/mol. The summed E-state index contributed by atoms with van der Waals surface area (Å²) in [5.74, 6) is 0.317. The average molecular weight is 338 g/mol. The van der Waals surface area contributed by atoms with Crippen molar-refractivity contribution in [2.75, 3.05) is 26.3 Å². The summed E-state index contributed by atoms with van der Waals surface area (Å²) in [5, 5.41) is 0. The van der Waals surface area contributed by atoms with E-state index < -0.39 is 15.9 Å².